The van der Waals surface area contributed by atoms with Gasteiger partial charge in [0.2, 0.25) is 0 Å². The van der Waals surface area contributed by atoms with Gasteiger partial charge in [-0.2, -0.15) is 0 Å². The zero-order valence-corrected chi connectivity index (χ0v) is 12.1. The highest BCUT2D eigenvalue weighted by atomic mass is 35.5. The van der Waals surface area contributed by atoms with Crippen LogP contribution in [0.5, 0.6) is 11.5 Å². The molecule has 2 rings (SSSR count). The maximum absolute atomic E-state index is 9.16. The van der Waals surface area contributed by atoms with E-state index < -0.39 is 0 Å². The third-order valence-corrected chi connectivity index (χ3v) is 3.81. The van der Waals surface area contributed by atoms with Crippen molar-refractivity contribution in [3.8, 4) is 11.5 Å². The zero-order chi connectivity index (χ0) is 13.8. The van der Waals surface area contributed by atoms with Crippen LogP contribution >= 0.6 is 11.6 Å². The molecule has 0 bridgehead atoms. The lowest BCUT2D eigenvalue weighted by Gasteiger charge is -2.17. The predicted octanol–water partition coefficient (Wildman–Crippen LogP) is 2.17. The summed E-state index contributed by atoms with van der Waals surface area (Å²) in [7, 11) is 3.19. The summed E-state index contributed by atoms with van der Waals surface area (Å²) in [6, 6.07) is 3.87. The maximum Gasteiger partial charge on any atom is 0.179 e. The first-order valence-electron chi connectivity index (χ1n) is 6.41. The summed E-state index contributed by atoms with van der Waals surface area (Å²) in [6.07, 6.45) is 1.05. The summed E-state index contributed by atoms with van der Waals surface area (Å²) in [5, 5.41) is 9.72. The maximum atomic E-state index is 9.16. The molecule has 1 aromatic carbocycles. The topological polar surface area (TPSA) is 41.9 Å². The highest BCUT2D eigenvalue weighted by Gasteiger charge is 2.22. The van der Waals surface area contributed by atoms with Gasteiger partial charge in [0.1, 0.15) is 0 Å². The van der Waals surface area contributed by atoms with Crippen molar-refractivity contribution >= 4 is 11.6 Å². The van der Waals surface area contributed by atoms with Crippen molar-refractivity contribution < 1.29 is 14.6 Å². The molecule has 0 radical (unpaired) electrons. The highest BCUT2D eigenvalue weighted by Crippen LogP contribution is 2.36. The van der Waals surface area contributed by atoms with Crippen molar-refractivity contribution in [3.05, 3.63) is 22.7 Å². The fourth-order valence-electron chi connectivity index (χ4n) is 2.53. The quantitative estimate of drug-likeness (QED) is 0.900. The predicted molar refractivity (Wildman–Crippen MR) is 75.0 cm³/mol. The standard InChI is InChI=1S/C14H20ClNO3/c1-18-13-6-11(5-12(15)14(13)19-2)8-16-4-3-10(7-16)9-17/h5-6,10,17H,3-4,7-9H2,1-2H3. The Balaban J connectivity index is 2.11. The molecule has 5 heteroatoms. The minimum Gasteiger partial charge on any atom is -0.493 e. The second kappa shape index (κ2) is 6.46. The lowest BCUT2D eigenvalue weighted by molar-refractivity contribution is 0.220. The Hall–Kier alpha value is -0.970. The minimum absolute atomic E-state index is 0.267. The van der Waals surface area contributed by atoms with Crippen molar-refractivity contribution in [2.24, 2.45) is 5.92 Å². The van der Waals surface area contributed by atoms with Crippen LogP contribution in [0.25, 0.3) is 0 Å². The van der Waals surface area contributed by atoms with E-state index in [9.17, 15) is 0 Å². The SMILES string of the molecule is COc1cc(CN2CCC(CO)C2)cc(Cl)c1OC. The molecule has 1 aliphatic rings. The highest BCUT2D eigenvalue weighted by molar-refractivity contribution is 6.32. The van der Waals surface area contributed by atoms with Gasteiger partial charge in [-0.3, -0.25) is 4.90 Å². The van der Waals surface area contributed by atoms with E-state index in [0.29, 0.717) is 22.4 Å². The van der Waals surface area contributed by atoms with Gasteiger partial charge in [-0.05, 0) is 36.6 Å². The van der Waals surface area contributed by atoms with Gasteiger partial charge in [0, 0.05) is 19.7 Å². The molecule has 1 aromatic rings. The van der Waals surface area contributed by atoms with E-state index in [1.807, 2.05) is 12.1 Å². The monoisotopic (exact) mass is 285 g/mol. The molecule has 1 N–H and O–H groups in total. The van der Waals surface area contributed by atoms with Crippen LogP contribution in [0.1, 0.15) is 12.0 Å². The number of aliphatic hydroxyl groups excluding tert-OH is 1. The Labute approximate surface area is 118 Å². The third kappa shape index (κ3) is 3.32. The molecule has 1 heterocycles. The summed E-state index contributed by atoms with van der Waals surface area (Å²) >= 11 is 6.19. The Morgan fingerprint density at radius 1 is 1.37 bits per heavy atom. The number of ether oxygens (including phenoxy) is 2. The number of methoxy groups -OCH3 is 2. The molecule has 106 valence electrons. The number of nitrogens with zero attached hydrogens (tertiary/aromatic N) is 1. The molecule has 1 fully saturated rings. The van der Waals surface area contributed by atoms with E-state index in [1.54, 1.807) is 14.2 Å². The van der Waals surface area contributed by atoms with E-state index in [-0.39, 0.29) is 6.61 Å². The average Bonchev–Trinajstić information content (AvgIpc) is 2.85. The average molecular weight is 286 g/mol. The van der Waals surface area contributed by atoms with E-state index in [4.69, 9.17) is 26.2 Å². The number of rotatable bonds is 5. The second-order valence-corrected chi connectivity index (χ2v) is 5.29. The van der Waals surface area contributed by atoms with E-state index in [0.717, 1.165) is 31.6 Å². The van der Waals surface area contributed by atoms with Crippen LogP contribution in [-0.4, -0.2) is 43.9 Å². The smallest absolute Gasteiger partial charge is 0.179 e. The molecule has 1 saturated heterocycles. The van der Waals surface area contributed by atoms with Crippen LogP contribution in [0.3, 0.4) is 0 Å². The van der Waals surface area contributed by atoms with Gasteiger partial charge in [-0.25, -0.2) is 0 Å². The summed E-state index contributed by atoms with van der Waals surface area (Å²) in [5.74, 6) is 1.63. The Morgan fingerprint density at radius 2 is 2.16 bits per heavy atom. The number of benzene rings is 1. The molecule has 0 aliphatic carbocycles. The van der Waals surface area contributed by atoms with Crippen molar-refractivity contribution in [1.29, 1.82) is 0 Å². The molecule has 0 aromatic heterocycles. The number of halogens is 1. The summed E-state index contributed by atoms with van der Waals surface area (Å²) < 4.78 is 10.5. The Bertz CT molecular complexity index is 439. The Kier molecular flexibility index (Phi) is 4.91. The van der Waals surface area contributed by atoms with Crippen molar-refractivity contribution in [2.45, 2.75) is 13.0 Å². The fourth-order valence-corrected chi connectivity index (χ4v) is 2.84. The molecule has 19 heavy (non-hydrogen) atoms. The van der Waals surface area contributed by atoms with Gasteiger partial charge < -0.3 is 14.6 Å². The van der Waals surface area contributed by atoms with Crippen molar-refractivity contribution in [1.82, 2.24) is 4.90 Å². The lowest BCUT2D eigenvalue weighted by atomic mass is 10.1. The van der Waals surface area contributed by atoms with Crippen LogP contribution in [0.4, 0.5) is 0 Å². The zero-order valence-electron chi connectivity index (χ0n) is 11.4. The largest absolute Gasteiger partial charge is 0.493 e. The first kappa shape index (κ1) is 14.4. The first-order chi connectivity index (χ1) is 9.17. The summed E-state index contributed by atoms with van der Waals surface area (Å²) in [4.78, 5) is 2.32. The molecule has 1 aliphatic heterocycles. The third-order valence-electron chi connectivity index (χ3n) is 3.53. The van der Waals surface area contributed by atoms with Crippen LogP contribution in [0.2, 0.25) is 5.02 Å². The first-order valence-corrected chi connectivity index (χ1v) is 6.79. The Morgan fingerprint density at radius 3 is 2.74 bits per heavy atom. The van der Waals surface area contributed by atoms with Gasteiger partial charge >= 0.3 is 0 Å². The van der Waals surface area contributed by atoms with E-state index in [1.165, 1.54) is 0 Å². The van der Waals surface area contributed by atoms with Crippen LogP contribution in [0, 0.1) is 5.92 Å². The van der Waals surface area contributed by atoms with Crippen LogP contribution in [-0.2, 0) is 6.54 Å². The molecule has 1 atom stereocenters. The molecular formula is C14H20ClNO3. The van der Waals surface area contributed by atoms with Crippen molar-refractivity contribution in [2.75, 3.05) is 33.9 Å². The van der Waals surface area contributed by atoms with Gasteiger partial charge in [0.05, 0.1) is 19.2 Å². The molecule has 0 saturated carbocycles. The lowest BCUT2D eigenvalue weighted by Crippen LogP contribution is -2.21. The summed E-state index contributed by atoms with van der Waals surface area (Å²) in [6.45, 7) is 3.03. The van der Waals surface area contributed by atoms with E-state index >= 15 is 0 Å². The molecule has 0 spiro atoms. The van der Waals surface area contributed by atoms with Crippen molar-refractivity contribution in [3.63, 3.8) is 0 Å². The number of likely N-dealkylation sites (tertiary alicyclic amines) is 1. The normalized spacial score (nSPS) is 19.7. The molecule has 1 unspecified atom stereocenters. The second-order valence-electron chi connectivity index (χ2n) is 4.89. The fraction of sp³-hybridized carbons (Fsp3) is 0.571. The number of aliphatic hydroxyl groups is 1. The van der Waals surface area contributed by atoms with Gasteiger partial charge in [-0.15, -0.1) is 0 Å². The molecule has 4 nitrogen and oxygen atoms in total. The molecule has 0 amide bonds. The van der Waals surface area contributed by atoms with Crippen LogP contribution < -0.4 is 9.47 Å². The molecular weight excluding hydrogens is 266 g/mol. The van der Waals surface area contributed by atoms with Gasteiger partial charge in [-0.1, -0.05) is 11.6 Å². The number of hydrogen-bond donors (Lipinski definition) is 1. The minimum atomic E-state index is 0.267. The summed E-state index contributed by atoms with van der Waals surface area (Å²) in [5.41, 5.74) is 1.10. The number of hydrogen-bond acceptors (Lipinski definition) is 4. The van der Waals surface area contributed by atoms with Gasteiger partial charge in [0.15, 0.2) is 11.5 Å². The van der Waals surface area contributed by atoms with Crippen LogP contribution in [0.15, 0.2) is 12.1 Å². The van der Waals surface area contributed by atoms with E-state index in [2.05, 4.69) is 4.90 Å². The van der Waals surface area contributed by atoms with Gasteiger partial charge in [0.25, 0.3) is 0 Å².